The summed E-state index contributed by atoms with van der Waals surface area (Å²) >= 11 is 5.78. The minimum absolute atomic E-state index is 0.00520. The summed E-state index contributed by atoms with van der Waals surface area (Å²) in [6.45, 7) is 1.53. The Labute approximate surface area is 137 Å². The van der Waals surface area contributed by atoms with Crippen LogP contribution in [0.4, 0.5) is 5.69 Å². The van der Waals surface area contributed by atoms with E-state index in [1.165, 1.54) is 32.2 Å². The third-order valence-electron chi connectivity index (χ3n) is 3.16. The zero-order chi connectivity index (χ0) is 17.0. The molecule has 0 aromatic heterocycles. The third kappa shape index (κ3) is 3.98. The molecule has 1 atom stereocenters. The highest BCUT2D eigenvalue weighted by Crippen LogP contribution is 2.32. The van der Waals surface area contributed by atoms with Gasteiger partial charge in [-0.15, -0.1) is 0 Å². The molecule has 0 bridgehead atoms. The Balaban J connectivity index is 2.22. The molecule has 120 valence electrons. The summed E-state index contributed by atoms with van der Waals surface area (Å²) in [5.41, 5.74) is 0.151. The van der Waals surface area contributed by atoms with Gasteiger partial charge < -0.3 is 9.47 Å². The molecule has 2 aromatic carbocycles. The maximum Gasteiger partial charge on any atom is 0.314 e. The first-order valence-corrected chi connectivity index (χ1v) is 7.09. The Morgan fingerprint density at radius 3 is 2.43 bits per heavy atom. The molecule has 0 amide bonds. The van der Waals surface area contributed by atoms with E-state index in [4.69, 9.17) is 21.1 Å². The molecule has 0 spiro atoms. The fourth-order valence-electron chi connectivity index (χ4n) is 1.96. The van der Waals surface area contributed by atoms with Crippen molar-refractivity contribution >= 4 is 23.1 Å². The Hall–Kier alpha value is -2.60. The smallest absolute Gasteiger partial charge is 0.314 e. The van der Waals surface area contributed by atoms with Crippen LogP contribution in [0.15, 0.2) is 42.5 Å². The lowest BCUT2D eigenvalue weighted by molar-refractivity contribution is -0.386. The summed E-state index contributed by atoms with van der Waals surface area (Å²) in [5, 5.41) is 11.6. The Morgan fingerprint density at radius 1 is 1.22 bits per heavy atom. The van der Waals surface area contributed by atoms with Crippen LogP contribution in [0.25, 0.3) is 0 Å². The molecule has 0 fully saturated rings. The van der Waals surface area contributed by atoms with Gasteiger partial charge >= 0.3 is 5.69 Å². The molecule has 0 aliphatic heterocycles. The molecule has 0 saturated heterocycles. The number of hydrogen-bond acceptors (Lipinski definition) is 5. The minimum Gasteiger partial charge on any atom is -0.496 e. The Bertz CT molecular complexity index is 730. The highest BCUT2D eigenvalue weighted by atomic mass is 35.5. The first-order chi connectivity index (χ1) is 10.9. The van der Waals surface area contributed by atoms with Gasteiger partial charge in [0, 0.05) is 10.6 Å². The van der Waals surface area contributed by atoms with Gasteiger partial charge in [-0.2, -0.15) is 0 Å². The largest absolute Gasteiger partial charge is 0.496 e. The number of nitrogens with zero attached hydrogens (tertiary/aromatic N) is 1. The second kappa shape index (κ2) is 7.11. The predicted octanol–water partition coefficient (Wildman–Crippen LogP) is 3.91. The molecule has 0 unspecified atom stereocenters. The maximum absolute atomic E-state index is 12.3. The number of benzene rings is 2. The second-order valence-electron chi connectivity index (χ2n) is 4.72. The van der Waals surface area contributed by atoms with E-state index in [9.17, 15) is 14.9 Å². The van der Waals surface area contributed by atoms with E-state index in [1.807, 2.05) is 0 Å². The second-order valence-corrected chi connectivity index (χ2v) is 5.16. The number of nitro groups is 1. The van der Waals surface area contributed by atoms with Crippen molar-refractivity contribution in [1.82, 2.24) is 0 Å². The van der Waals surface area contributed by atoms with Crippen LogP contribution in [0.5, 0.6) is 11.5 Å². The van der Waals surface area contributed by atoms with Crippen molar-refractivity contribution in [2.75, 3.05) is 7.11 Å². The molecular formula is C16H14ClNO5. The molecule has 0 radical (unpaired) electrons. The van der Waals surface area contributed by atoms with Crippen LogP contribution in [0.3, 0.4) is 0 Å². The zero-order valence-corrected chi connectivity index (χ0v) is 13.2. The van der Waals surface area contributed by atoms with Crippen LogP contribution in [0.1, 0.15) is 17.3 Å². The first kappa shape index (κ1) is 16.8. The summed E-state index contributed by atoms with van der Waals surface area (Å²) in [6, 6.07) is 10.5. The number of methoxy groups -OCH3 is 1. The number of ketones is 1. The maximum atomic E-state index is 12.3. The molecule has 0 heterocycles. The standard InChI is InChI=1S/C16H14ClNO5/c1-10(16(19)11-3-5-12(17)6-4-11)23-15-8-7-13(22-2)9-14(15)18(20)21/h3-10H,1-2H3/t10-/m0/s1. The van der Waals surface area contributed by atoms with Crippen molar-refractivity contribution in [2.45, 2.75) is 13.0 Å². The summed E-state index contributed by atoms with van der Waals surface area (Å²) < 4.78 is 10.4. The Kier molecular flexibility index (Phi) is 5.18. The topological polar surface area (TPSA) is 78.7 Å². The number of carbonyl (C=O) groups is 1. The van der Waals surface area contributed by atoms with Crippen LogP contribution in [0, 0.1) is 10.1 Å². The SMILES string of the molecule is COc1ccc(O[C@@H](C)C(=O)c2ccc(Cl)cc2)c([N+](=O)[O-])c1. The lowest BCUT2D eigenvalue weighted by Crippen LogP contribution is -2.24. The van der Waals surface area contributed by atoms with Crippen LogP contribution in [-0.4, -0.2) is 23.9 Å². The van der Waals surface area contributed by atoms with Crippen LogP contribution >= 0.6 is 11.6 Å². The van der Waals surface area contributed by atoms with Gasteiger partial charge in [0.25, 0.3) is 0 Å². The predicted molar refractivity (Wildman–Crippen MR) is 85.5 cm³/mol. The number of carbonyl (C=O) groups excluding carboxylic acids is 1. The number of rotatable bonds is 6. The van der Waals surface area contributed by atoms with Gasteiger partial charge in [-0.1, -0.05) is 11.6 Å². The number of ether oxygens (including phenoxy) is 2. The molecule has 0 aliphatic rings. The van der Waals surface area contributed by atoms with Gasteiger partial charge in [0.15, 0.2) is 11.9 Å². The number of halogens is 1. The highest BCUT2D eigenvalue weighted by Gasteiger charge is 2.22. The van der Waals surface area contributed by atoms with Crippen LogP contribution in [-0.2, 0) is 0 Å². The summed E-state index contributed by atoms with van der Waals surface area (Å²) in [4.78, 5) is 22.8. The van der Waals surface area contributed by atoms with E-state index in [0.717, 1.165) is 0 Å². The van der Waals surface area contributed by atoms with Crippen molar-refractivity contribution in [3.63, 3.8) is 0 Å². The van der Waals surface area contributed by atoms with Crippen molar-refractivity contribution in [3.8, 4) is 11.5 Å². The van der Waals surface area contributed by atoms with E-state index in [0.29, 0.717) is 16.3 Å². The number of nitro benzene ring substituents is 1. The van der Waals surface area contributed by atoms with Crippen LogP contribution in [0.2, 0.25) is 5.02 Å². The van der Waals surface area contributed by atoms with Crippen molar-refractivity contribution in [2.24, 2.45) is 0 Å². The fraction of sp³-hybridized carbons (Fsp3) is 0.188. The average molecular weight is 336 g/mol. The molecule has 0 N–H and O–H groups in total. The molecule has 2 rings (SSSR count). The lowest BCUT2D eigenvalue weighted by atomic mass is 10.1. The zero-order valence-electron chi connectivity index (χ0n) is 12.5. The summed E-state index contributed by atoms with van der Waals surface area (Å²) in [5.74, 6) is 0.0399. The number of Topliss-reactive ketones (excluding diaryl/α,β-unsaturated/α-hetero) is 1. The number of hydrogen-bond donors (Lipinski definition) is 0. The molecule has 23 heavy (non-hydrogen) atoms. The molecule has 0 saturated carbocycles. The summed E-state index contributed by atoms with van der Waals surface area (Å²) in [7, 11) is 1.41. The molecule has 7 heteroatoms. The van der Waals surface area contributed by atoms with Gasteiger partial charge in [0.1, 0.15) is 5.75 Å². The van der Waals surface area contributed by atoms with Gasteiger partial charge in [0.05, 0.1) is 18.1 Å². The fourth-order valence-corrected chi connectivity index (χ4v) is 2.09. The van der Waals surface area contributed by atoms with E-state index in [-0.39, 0.29) is 17.2 Å². The van der Waals surface area contributed by atoms with E-state index in [2.05, 4.69) is 0 Å². The van der Waals surface area contributed by atoms with Crippen molar-refractivity contribution < 1.29 is 19.2 Å². The van der Waals surface area contributed by atoms with Gasteiger partial charge in [0.2, 0.25) is 5.78 Å². The highest BCUT2D eigenvalue weighted by molar-refractivity contribution is 6.30. The first-order valence-electron chi connectivity index (χ1n) is 6.71. The summed E-state index contributed by atoms with van der Waals surface area (Å²) in [6.07, 6.45) is -0.886. The molecule has 0 aliphatic carbocycles. The van der Waals surface area contributed by atoms with E-state index in [1.54, 1.807) is 24.3 Å². The van der Waals surface area contributed by atoms with Gasteiger partial charge in [-0.3, -0.25) is 14.9 Å². The Morgan fingerprint density at radius 2 is 1.87 bits per heavy atom. The van der Waals surface area contributed by atoms with Crippen molar-refractivity contribution in [1.29, 1.82) is 0 Å². The molecular weight excluding hydrogens is 322 g/mol. The molecule has 6 nitrogen and oxygen atoms in total. The van der Waals surface area contributed by atoms with Gasteiger partial charge in [-0.05, 0) is 43.3 Å². The van der Waals surface area contributed by atoms with Crippen LogP contribution < -0.4 is 9.47 Å². The lowest BCUT2D eigenvalue weighted by Gasteiger charge is -2.14. The third-order valence-corrected chi connectivity index (χ3v) is 3.42. The minimum atomic E-state index is -0.886. The molecule has 2 aromatic rings. The average Bonchev–Trinajstić information content (AvgIpc) is 2.55. The quantitative estimate of drug-likeness (QED) is 0.454. The monoisotopic (exact) mass is 335 g/mol. The van der Waals surface area contributed by atoms with E-state index >= 15 is 0 Å². The van der Waals surface area contributed by atoms with Gasteiger partial charge in [-0.25, -0.2) is 0 Å². The van der Waals surface area contributed by atoms with E-state index < -0.39 is 11.0 Å². The normalized spacial score (nSPS) is 11.6. The van der Waals surface area contributed by atoms with Crippen molar-refractivity contribution in [3.05, 3.63) is 63.2 Å².